The molecular formula is C15H13FN2O. The summed E-state index contributed by atoms with van der Waals surface area (Å²) in [6.45, 7) is 0.653. The highest BCUT2D eigenvalue weighted by atomic mass is 19.1. The standard InChI is InChI=1S/C15H13FN2O/c16-12-5-3-6-13(10-12)17-15(19)18-9-8-11-4-1-2-7-14(11)18/h1-7,10H,8-9H2,(H,17,19). The van der Waals surface area contributed by atoms with E-state index in [1.54, 1.807) is 17.0 Å². The van der Waals surface area contributed by atoms with Crippen molar-refractivity contribution in [2.45, 2.75) is 6.42 Å². The minimum absolute atomic E-state index is 0.226. The molecule has 0 radical (unpaired) electrons. The Morgan fingerprint density at radius 1 is 1.16 bits per heavy atom. The number of benzene rings is 2. The number of anilines is 2. The quantitative estimate of drug-likeness (QED) is 0.833. The van der Waals surface area contributed by atoms with Gasteiger partial charge < -0.3 is 5.32 Å². The lowest BCUT2D eigenvalue weighted by molar-refractivity contribution is 0.257. The number of nitrogens with zero attached hydrogens (tertiary/aromatic N) is 1. The Kier molecular flexibility index (Phi) is 2.91. The van der Waals surface area contributed by atoms with Gasteiger partial charge >= 0.3 is 6.03 Å². The fourth-order valence-corrected chi connectivity index (χ4v) is 2.31. The minimum Gasteiger partial charge on any atom is -0.307 e. The number of hydrogen-bond acceptors (Lipinski definition) is 1. The second-order valence-electron chi connectivity index (χ2n) is 4.47. The Balaban J connectivity index is 1.79. The molecule has 0 saturated carbocycles. The van der Waals surface area contributed by atoms with Gasteiger partial charge in [0, 0.05) is 17.9 Å². The topological polar surface area (TPSA) is 32.3 Å². The highest BCUT2D eigenvalue weighted by Gasteiger charge is 2.23. The molecule has 3 rings (SSSR count). The van der Waals surface area contributed by atoms with E-state index in [1.165, 1.54) is 12.1 Å². The van der Waals surface area contributed by atoms with Crippen molar-refractivity contribution in [3.05, 3.63) is 59.9 Å². The van der Waals surface area contributed by atoms with Gasteiger partial charge in [0.2, 0.25) is 0 Å². The molecular weight excluding hydrogens is 243 g/mol. The Morgan fingerprint density at radius 3 is 2.84 bits per heavy atom. The third kappa shape index (κ3) is 2.29. The minimum atomic E-state index is -0.361. The summed E-state index contributed by atoms with van der Waals surface area (Å²) >= 11 is 0. The predicted molar refractivity (Wildman–Crippen MR) is 72.9 cm³/mol. The van der Waals surface area contributed by atoms with Crippen LogP contribution in [0.2, 0.25) is 0 Å². The van der Waals surface area contributed by atoms with Crippen LogP contribution in [-0.4, -0.2) is 12.6 Å². The zero-order chi connectivity index (χ0) is 13.2. The second-order valence-corrected chi connectivity index (χ2v) is 4.47. The summed E-state index contributed by atoms with van der Waals surface area (Å²) in [4.78, 5) is 13.9. The van der Waals surface area contributed by atoms with Crippen molar-refractivity contribution >= 4 is 17.4 Å². The molecule has 1 aliphatic rings. The number of carbonyl (C=O) groups excluding carboxylic acids is 1. The highest BCUT2D eigenvalue weighted by molar-refractivity contribution is 6.03. The van der Waals surface area contributed by atoms with Crippen molar-refractivity contribution in [3.63, 3.8) is 0 Å². The molecule has 2 aromatic carbocycles. The van der Waals surface area contributed by atoms with E-state index in [2.05, 4.69) is 5.32 Å². The van der Waals surface area contributed by atoms with Crippen molar-refractivity contribution in [2.24, 2.45) is 0 Å². The molecule has 2 aromatic rings. The monoisotopic (exact) mass is 256 g/mol. The number of fused-ring (bicyclic) bond motifs is 1. The van der Waals surface area contributed by atoms with Gasteiger partial charge in [0.15, 0.2) is 0 Å². The molecule has 3 nitrogen and oxygen atoms in total. The fourth-order valence-electron chi connectivity index (χ4n) is 2.31. The molecule has 1 N–H and O–H groups in total. The van der Waals surface area contributed by atoms with E-state index in [1.807, 2.05) is 24.3 Å². The summed E-state index contributed by atoms with van der Waals surface area (Å²) in [5.74, 6) is -0.361. The molecule has 2 amide bonds. The molecule has 1 heterocycles. The first kappa shape index (κ1) is 11.7. The van der Waals surface area contributed by atoms with E-state index < -0.39 is 0 Å². The van der Waals surface area contributed by atoms with E-state index in [0.29, 0.717) is 12.2 Å². The molecule has 0 aliphatic carbocycles. The predicted octanol–water partition coefficient (Wildman–Crippen LogP) is 3.42. The van der Waals surface area contributed by atoms with Gasteiger partial charge in [0.25, 0.3) is 0 Å². The number of urea groups is 1. The van der Waals surface area contributed by atoms with Gasteiger partial charge in [-0.3, -0.25) is 4.90 Å². The number of halogens is 1. The zero-order valence-corrected chi connectivity index (χ0v) is 10.3. The smallest absolute Gasteiger partial charge is 0.307 e. The first-order chi connectivity index (χ1) is 9.24. The van der Waals surface area contributed by atoms with Crippen LogP contribution in [0.4, 0.5) is 20.6 Å². The van der Waals surface area contributed by atoms with Gasteiger partial charge in [-0.25, -0.2) is 9.18 Å². The molecule has 1 aliphatic heterocycles. The van der Waals surface area contributed by atoms with Crippen molar-refractivity contribution < 1.29 is 9.18 Å². The maximum atomic E-state index is 13.1. The normalized spacial score (nSPS) is 13.2. The summed E-state index contributed by atoms with van der Waals surface area (Å²) in [5, 5.41) is 2.71. The third-order valence-electron chi connectivity index (χ3n) is 3.21. The van der Waals surface area contributed by atoms with E-state index >= 15 is 0 Å². The third-order valence-corrected chi connectivity index (χ3v) is 3.21. The molecule has 0 unspecified atom stereocenters. The number of hydrogen-bond donors (Lipinski definition) is 1. The van der Waals surface area contributed by atoms with E-state index in [9.17, 15) is 9.18 Å². The summed E-state index contributed by atoms with van der Waals surface area (Å²) in [7, 11) is 0. The largest absolute Gasteiger partial charge is 0.326 e. The van der Waals surface area contributed by atoms with Gasteiger partial charge in [0.1, 0.15) is 5.82 Å². The zero-order valence-electron chi connectivity index (χ0n) is 10.3. The average molecular weight is 256 g/mol. The lowest BCUT2D eigenvalue weighted by atomic mass is 10.2. The first-order valence-corrected chi connectivity index (χ1v) is 6.16. The molecule has 0 atom stereocenters. The number of carbonyl (C=O) groups is 1. The molecule has 0 bridgehead atoms. The Morgan fingerprint density at radius 2 is 2.00 bits per heavy atom. The van der Waals surface area contributed by atoms with Gasteiger partial charge in [0.05, 0.1) is 0 Å². The SMILES string of the molecule is O=C(Nc1cccc(F)c1)N1CCc2ccccc21. The van der Waals surface area contributed by atoms with Crippen LogP contribution in [-0.2, 0) is 6.42 Å². The molecule has 4 heteroatoms. The van der Waals surface area contributed by atoms with Gasteiger partial charge in [-0.05, 0) is 36.2 Å². The fraction of sp³-hybridized carbons (Fsp3) is 0.133. The molecule has 0 spiro atoms. The van der Waals surface area contributed by atoms with Crippen molar-refractivity contribution in [1.82, 2.24) is 0 Å². The maximum Gasteiger partial charge on any atom is 0.326 e. The van der Waals surface area contributed by atoms with Crippen LogP contribution in [0.1, 0.15) is 5.56 Å². The van der Waals surface area contributed by atoms with Crippen molar-refractivity contribution in [1.29, 1.82) is 0 Å². The van der Waals surface area contributed by atoms with Gasteiger partial charge in [-0.2, -0.15) is 0 Å². The molecule has 96 valence electrons. The summed E-state index contributed by atoms with van der Waals surface area (Å²) in [6.07, 6.45) is 0.854. The number of rotatable bonds is 1. The van der Waals surface area contributed by atoms with Crippen LogP contribution in [0.25, 0.3) is 0 Å². The molecule has 0 fully saturated rings. The maximum absolute atomic E-state index is 13.1. The number of nitrogens with one attached hydrogen (secondary N) is 1. The van der Waals surface area contributed by atoms with Crippen LogP contribution >= 0.6 is 0 Å². The second kappa shape index (κ2) is 4.72. The van der Waals surface area contributed by atoms with Crippen LogP contribution in [0, 0.1) is 5.82 Å². The molecule has 19 heavy (non-hydrogen) atoms. The van der Waals surface area contributed by atoms with E-state index in [0.717, 1.165) is 17.7 Å². The van der Waals surface area contributed by atoms with Crippen LogP contribution < -0.4 is 10.2 Å². The number of para-hydroxylation sites is 1. The summed E-state index contributed by atoms with van der Waals surface area (Å²) in [5.41, 5.74) is 2.56. The van der Waals surface area contributed by atoms with Crippen molar-refractivity contribution in [3.8, 4) is 0 Å². The lowest BCUT2D eigenvalue weighted by Gasteiger charge is -2.18. The first-order valence-electron chi connectivity index (χ1n) is 6.16. The average Bonchev–Trinajstić information content (AvgIpc) is 2.82. The van der Waals surface area contributed by atoms with Crippen molar-refractivity contribution in [2.75, 3.05) is 16.8 Å². The molecule has 0 aromatic heterocycles. The summed E-state index contributed by atoms with van der Waals surface area (Å²) in [6, 6.07) is 13.5. The van der Waals surface area contributed by atoms with E-state index in [-0.39, 0.29) is 11.8 Å². The Bertz CT molecular complexity index is 627. The Hall–Kier alpha value is -2.36. The lowest BCUT2D eigenvalue weighted by Crippen LogP contribution is -2.33. The Labute approximate surface area is 110 Å². The van der Waals surface area contributed by atoms with E-state index in [4.69, 9.17) is 0 Å². The summed E-state index contributed by atoms with van der Waals surface area (Å²) < 4.78 is 13.1. The van der Waals surface area contributed by atoms with Crippen LogP contribution in [0.15, 0.2) is 48.5 Å². The molecule has 0 saturated heterocycles. The highest BCUT2D eigenvalue weighted by Crippen LogP contribution is 2.27. The van der Waals surface area contributed by atoms with Crippen LogP contribution in [0.5, 0.6) is 0 Å². The number of amides is 2. The van der Waals surface area contributed by atoms with Gasteiger partial charge in [-0.15, -0.1) is 0 Å². The van der Waals surface area contributed by atoms with Gasteiger partial charge in [-0.1, -0.05) is 24.3 Å². The van der Waals surface area contributed by atoms with Crippen LogP contribution in [0.3, 0.4) is 0 Å².